The van der Waals surface area contributed by atoms with Gasteiger partial charge in [-0.05, 0) is 48.0 Å². The lowest BCUT2D eigenvalue weighted by molar-refractivity contribution is -0.113. The van der Waals surface area contributed by atoms with Crippen LogP contribution in [-0.4, -0.2) is 31.9 Å². The lowest BCUT2D eigenvalue weighted by atomic mass is 10.1. The second kappa shape index (κ2) is 8.07. The van der Waals surface area contributed by atoms with E-state index in [-0.39, 0.29) is 11.7 Å². The maximum atomic E-state index is 12.2. The number of rotatable bonds is 5. The Balaban J connectivity index is 1.70. The molecule has 3 aromatic rings. The van der Waals surface area contributed by atoms with Crippen LogP contribution in [0, 0.1) is 13.8 Å². The number of hydrogen-bond donors (Lipinski definition) is 1. The smallest absolute Gasteiger partial charge is 0.234 e. The number of amides is 1. The average Bonchev–Trinajstić information content (AvgIpc) is 3.05. The van der Waals surface area contributed by atoms with Crippen LogP contribution in [0.25, 0.3) is 5.69 Å². The van der Waals surface area contributed by atoms with E-state index in [4.69, 9.17) is 23.2 Å². The summed E-state index contributed by atoms with van der Waals surface area (Å²) in [4.78, 5) is 12.2. The predicted molar refractivity (Wildman–Crippen MR) is 104 cm³/mol. The van der Waals surface area contributed by atoms with Crippen molar-refractivity contribution >= 4 is 46.6 Å². The van der Waals surface area contributed by atoms with Gasteiger partial charge < -0.3 is 5.32 Å². The first-order valence-corrected chi connectivity index (χ1v) is 9.42. The summed E-state index contributed by atoms with van der Waals surface area (Å²) in [5.41, 5.74) is 3.56. The lowest BCUT2D eigenvalue weighted by Crippen LogP contribution is -2.15. The van der Waals surface area contributed by atoms with Crippen LogP contribution in [0.2, 0.25) is 10.0 Å². The molecule has 26 heavy (non-hydrogen) atoms. The van der Waals surface area contributed by atoms with Crippen LogP contribution in [0.15, 0.2) is 41.6 Å². The molecule has 0 unspecified atom stereocenters. The van der Waals surface area contributed by atoms with Crippen molar-refractivity contribution in [3.63, 3.8) is 0 Å². The first-order valence-electron chi connectivity index (χ1n) is 7.68. The number of hydrogen-bond acceptors (Lipinski definition) is 5. The monoisotopic (exact) mass is 407 g/mol. The summed E-state index contributed by atoms with van der Waals surface area (Å²) in [5.74, 6) is -0.0944. The second-order valence-corrected chi connectivity index (χ2v) is 7.33. The number of anilines is 1. The molecule has 0 spiro atoms. The number of nitrogens with one attached hydrogen (secondary N) is 1. The predicted octanol–water partition coefficient (Wildman–Crippen LogP) is 4.32. The summed E-state index contributed by atoms with van der Waals surface area (Å²) in [6.07, 6.45) is 0. The molecule has 0 atom stereocenters. The van der Waals surface area contributed by atoms with Gasteiger partial charge in [0.2, 0.25) is 11.1 Å². The fourth-order valence-electron chi connectivity index (χ4n) is 2.38. The molecule has 1 amide bonds. The summed E-state index contributed by atoms with van der Waals surface area (Å²) < 4.78 is 1.62. The summed E-state index contributed by atoms with van der Waals surface area (Å²) >= 11 is 13.3. The quantitative estimate of drug-likeness (QED) is 0.637. The molecule has 0 aliphatic rings. The minimum Gasteiger partial charge on any atom is -0.324 e. The summed E-state index contributed by atoms with van der Waals surface area (Å²) in [5, 5.41) is 15.7. The average molecular weight is 408 g/mol. The molecular formula is C17H15Cl2N5OS. The van der Waals surface area contributed by atoms with Gasteiger partial charge >= 0.3 is 0 Å². The van der Waals surface area contributed by atoms with E-state index in [1.807, 2.05) is 26.0 Å². The number of aromatic nitrogens is 4. The highest BCUT2D eigenvalue weighted by atomic mass is 35.5. The van der Waals surface area contributed by atoms with Gasteiger partial charge in [0.15, 0.2) is 0 Å². The fourth-order valence-corrected chi connectivity index (χ4v) is 3.41. The highest BCUT2D eigenvalue weighted by molar-refractivity contribution is 7.99. The molecule has 2 aromatic carbocycles. The molecule has 1 N–H and O–H groups in total. The molecule has 134 valence electrons. The minimum absolute atomic E-state index is 0.133. The number of thioether (sulfide) groups is 1. The van der Waals surface area contributed by atoms with Crippen LogP contribution in [0.3, 0.4) is 0 Å². The largest absolute Gasteiger partial charge is 0.324 e. The molecule has 0 aliphatic heterocycles. The molecule has 0 radical (unpaired) electrons. The molecule has 0 saturated heterocycles. The van der Waals surface area contributed by atoms with Crippen molar-refractivity contribution < 1.29 is 4.79 Å². The Morgan fingerprint density at radius 3 is 2.81 bits per heavy atom. The summed E-state index contributed by atoms with van der Waals surface area (Å²) in [6.45, 7) is 4.02. The van der Waals surface area contributed by atoms with Crippen LogP contribution in [-0.2, 0) is 4.79 Å². The number of nitrogens with zero attached hydrogens (tertiary/aromatic N) is 4. The van der Waals surface area contributed by atoms with Crippen LogP contribution in [0.4, 0.5) is 5.69 Å². The molecule has 6 nitrogen and oxygen atoms in total. The molecule has 0 bridgehead atoms. The molecule has 0 saturated carbocycles. The molecule has 1 aromatic heterocycles. The summed E-state index contributed by atoms with van der Waals surface area (Å²) in [7, 11) is 0. The highest BCUT2D eigenvalue weighted by Gasteiger charge is 2.14. The number of aryl methyl sites for hydroxylation is 2. The van der Waals surface area contributed by atoms with Gasteiger partial charge in [-0.2, -0.15) is 4.68 Å². The van der Waals surface area contributed by atoms with E-state index in [9.17, 15) is 4.79 Å². The Morgan fingerprint density at radius 1 is 1.23 bits per heavy atom. The fraction of sp³-hybridized carbons (Fsp3) is 0.176. The van der Waals surface area contributed by atoms with E-state index >= 15 is 0 Å². The van der Waals surface area contributed by atoms with Crippen molar-refractivity contribution in [2.24, 2.45) is 0 Å². The van der Waals surface area contributed by atoms with E-state index in [1.54, 1.807) is 22.9 Å². The summed E-state index contributed by atoms with van der Waals surface area (Å²) in [6, 6.07) is 11.1. The van der Waals surface area contributed by atoms with Gasteiger partial charge in [-0.3, -0.25) is 4.79 Å². The van der Waals surface area contributed by atoms with Gasteiger partial charge in [0.25, 0.3) is 0 Å². The Hall–Kier alpha value is -2.09. The van der Waals surface area contributed by atoms with Crippen LogP contribution in [0.5, 0.6) is 0 Å². The van der Waals surface area contributed by atoms with Crippen molar-refractivity contribution in [2.75, 3.05) is 11.1 Å². The number of benzene rings is 2. The Bertz CT molecular complexity index is 960. The van der Waals surface area contributed by atoms with Crippen molar-refractivity contribution in [2.45, 2.75) is 19.0 Å². The zero-order valence-electron chi connectivity index (χ0n) is 14.0. The van der Waals surface area contributed by atoms with E-state index in [0.717, 1.165) is 16.8 Å². The van der Waals surface area contributed by atoms with Gasteiger partial charge in [-0.1, -0.05) is 58.7 Å². The molecule has 0 aliphatic carbocycles. The number of tetrazole rings is 1. The normalized spacial score (nSPS) is 10.8. The van der Waals surface area contributed by atoms with E-state index in [1.165, 1.54) is 11.8 Å². The molecule has 3 rings (SSSR count). The first-order chi connectivity index (χ1) is 12.5. The zero-order valence-corrected chi connectivity index (χ0v) is 16.4. The first kappa shape index (κ1) is 18.7. The van der Waals surface area contributed by atoms with Gasteiger partial charge in [-0.15, -0.1) is 5.10 Å². The maximum absolute atomic E-state index is 12.2. The van der Waals surface area contributed by atoms with E-state index in [0.29, 0.717) is 20.9 Å². The second-order valence-electron chi connectivity index (χ2n) is 5.60. The van der Waals surface area contributed by atoms with E-state index in [2.05, 4.69) is 26.9 Å². The van der Waals surface area contributed by atoms with Crippen LogP contribution < -0.4 is 5.32 Å². The van der Waals surface area contributed by atoms with Gasteiger partial charge in [0.1, 0.15) is 0 Å². The van der Waals surface area contributed by atoms with Crippen molar-refractivity contribution in [3.05, 3.63) is 57.6 Å². The maximum Gasteiger partial charge on any atom is 0.234 e. The topological polar surface area (TPSA) is 72.7 Å². The highest BCUT2D eigenvalue weighted by Crippen LogP contribution is 2.30. The number of carbonyl (C=O) groups is 1. The third-order valence-corrected chi connectivity index (χ3v) is 5.32. The zero-order chi connectivity index (χ0) is 18.7. The molecule has 1 heterocycles. The standard InChI is InChI=1S/C17H15Cl2N5OS/c1-10-6-7-14(11(2)8-10)24-17(21-22-23-24)26-9-15(25)20-13-5-3-4-12(18)16(13)19/h3-8H,9H2,1-2H3,(H,20,25). The number of carbonyl (C=O) groups excluding carboxylic acids is 1. The SMILES string of the molecule is Cc1ccc(-n2nnnc2SCC(=O)Nc2cccc(Cl)c2Cl)c(C)c1. The lowest BCUT2D eigenvalue weighted by Gasteiger charge is -2.09. The Morgan fingerprint density at radius 2 is 2.04 bits per heavy atom. The number of halogens is 2. The minimum atomic E-state index is -0.227. The van der Waals surface area contributed by atoms with Crippen molar-refractivity contribution in [1.82, 2.24) is 20.2 Å². The van der Waals surface area contributed by atoms with E-state index < -0.39 is 0 Å². The van der Waals surface area contributed by atoms with Gasteiger partial charge in [0, 0.05) is 0 Å². The Kier molecular flexibility index (Phi) is 5.80. The third kappa shape index (κ3) is 4.17. The van der Waals surface area contributed by atoms with Crippen molar-refractivity contribution in [1.29, 1.82) is 0 Å². The third-order valence-electron chi connectivity index (χ3n) is 3.58. The van der Waals surface area contributed by atoms with Gasteiger partial charge in [-0.25, -0.2) is 0 Å². The van der Waals surface area contributed by atoms with Crippen LogP contribution >= 0.6 is 35.0 Å². The van der Waals surface area contributed by atoms with Crippen LogP contribution in [0.1, 0.15) is 11.1 Å². The molecule has 9 heteroatoms. The van der Waals surface area contributed by atoms with Gasteiger partial charge in [0.05, 0.1) is 27.2 Å². The van der Waals surface area contributed by atoms with Crippen molar-refractivity contribution in [3.8, 4) is 5.69 Å². The Labute approximate surface area is 164 Å². The molecular weight excluding hydrogens is 393 g/mol. The molecule has 0 fully saturated rings.